The van der Waals surface area contributed by atoms with Crippen LogP contribution in [0.3, 0.4) is 0 Å². The Balaban J connectivity index is 2.72. The summed E-state index contributed by atoms with van der Waals surface area (Å²) < 4.78 is 5.14. The van der Waals surface area contributed by atoms with E-state index in [9.17, 15) is 0 Å². The summed E-state index contributed by atoms with van der Waals surface area (Å²) in [5, 5.41) is 7.23. The van der Waals surface area contributed by atoms with Crippen molar-refractivity contribution in [3.05, 3.63) is 11.7 Å². The summed E-state index contributed by atoms with van der Waals surface area (Å²) in [5.74, 6) is 1.37. The summed E-state index contributed by atoms with van der Waals surface area (Å²) in [6, 6.07) is 0.149. The Labute approximate surface area is 85.1 Å². The Morgan fingerprint density at radius 2 is 2.07 bits per heavy atom. The van der Waals surface area contributed by atoms with Crippen molar-refractivity contribution in [3.8, 4) is 0 Å². The highest BCUT2D eigenvalue weighted by Gasteiger charge is 2.21. The first-order valence-corrected chi connectivity index (χ1v) is 5.00. The maximum Gasteiger partial charge on any atom is 0.243 e. The van der Waals surface area contributed by atoms with E-state index in [-0.39, 0.29) is 11.6 Å². The van der Waals surface area contributed by atoms with Crippen LogP contribution in [0.25, 0.3) is 0 Å². The lowest BCUT2D eigenvalue weighted by atomic mass is 10.1. The van der Waals surface area contributed by atoms with Gasteiger partial charge in [0.2, 0.25) is 5.89 Å². The Bertz CT molecular complexity index is 288. The van der Waals surface area contributed by atoms with Crippen LogP contribution in [-0.4, -0.2) is 15.7 Å². The lowest BCUT2D eigenvalue weighted by Crippen LogP contribution is -2.38. The van der Waals surface area contributed by atoms with Crippen molar-refractivity contribution >= 4 is 0 Å². The van der Waals surface area contributed by atoms with Gasteiger partial charge in [-0.25, -0.2) is 0 Å². The van der Waals surface area contributed by atoms with Crippen molar-refractivity contribution in [2.45, 2.75) is 52.6 Å². The fourth-order valence-corrected chi connectivity index (χ4v) is 1.32. The second kappa shape index (κ2) is 4.09. The van der Waals surface area contributed by atoms with Crippen molar-refractivity contribution in [3.63, 3.8) is 0 Å². The quantitative estimate of drug-likeness (QED) is 0.807. The minimum absolute atomic E-state index is 0.0586. The average Bonchev–Trinajstić information content (AvgIpc) is 2.46. The van der Waals surface area contributed by atoms with E-state index in [1.165, 1.54) is 0 Å². The third kappa shape index (κ3) is 3.10. The standard InChI is InChI=1S/C10H19N3O/c1-6-8(12-10(3,4)5)9-11-7(2)13-14-9/h8,12H,6H2,1-5H3/t8-/m1/s1. The van der Waals surface area contributed by atoms with Gasteiger partial charge in [-0.2, -0.15) is 4.98 Å². The van der Waals surface area contributed by atoms with Crippen LogP contribution in [-0.2, 0) is 0 Å². The van der Waals surface area contributed by atoms with E-state index in [2.05, 4.69) is 43.2 Å². The molecule has 0 bridgehead atoms. The molecule has 80 valence electrons. The fraction of sp³-hybridized carbons (Fsp3) is 0.800. The zero-order valence-corrected chi connectivity index (χ0v) is 9.59. The minimum atomic E-state index is 0.0586. The molecular weight excluding hydrogens is 178 g/mol. The van der Waals surface area contributed by atoms with E-state index in [1.54, 1.807) is 0 Å². The van der Waals surface area contributed by atoms with Gasteiger partial charge in [0.05, 0.1) is 6.04 Å². The molecule has 0 unspecified atom stereocenters. The van der Waals surface area contributed by atoms with Crippen LogP contribution in [0, 0.1) is 6.92 Å². The van der Waals surface area contributed by atoms with Gasteiger partial charge in [-0.1, -0.05) is 12.1 Å². The average molecular weight is 197 g/mol. The molecule has 14 heavy (non-hydrogen) atoms. The van der Waals surface area contributed by atoms with Gasteiger partial charge in [0, 0.05) is 5.54 Å². The van der Waals surface area contributed by atoms with Crippen molar-refractivity contribution in [1.29, 1.82) is 0 Å². The molecule has 0 aliphatic rings. The third-order valence-electron chi connectivity index (χ3n) is 1.86. The minimum Gasteiger partial charge on any atom is -0.338 e. The van der Waals surface area contributed by atoms with Gasteiger partial charge in [0.15, 0.2) is 5.82 Å². The second-order valence-corrected chi connectivity index (χ2v) is 4.54. The molecule has 1 heterocycles. The van der Waals surface area contributed by atoms with Gasteiger partial charge in [0.25, 0.3) is 0 Å². The van der Waals surface area contributed by atoms with Crippen LogP contribution in [0.4, 0.5) is 0 Å². The molecule has 0 saturated carbocycles. The maximum absolute atomic E-state index is 5.14. The highest BCUT2D eigenvalue weighted by Crippen LogP contribution is 2.17. The van der Waals surface area contributed by atoms with E-state index >= 15 is 0 Å². The van der Waals surface area contributed by atoms with Crippen molar-refractivity contribution in [1.82, 2.24) is 15.5 Å². The second-order valence-electron chi connectivity index (χ2n) is 4.54. The molecule has 0 aliphatic heterocycles. The van der Waals surface area contributed by atoms with Gasteiger partial charge >= 0.3 is 0 Å². The van der Waals surface area contributed by atoms with Crippen LogP contribution >= 0.6 is 0 Å². The monoisotopic (exact) mass is 197 g/mol. The lowest BCUT2D eigenvalue weighted by Gasteiger charge is -2.25. The van der Waals surface area contributed by atoms with Crippen molar-refractivity contribution in [2.24, 2.45) is 0 Å². The molecule has 0 aliphatic carbocycles. The van der Waals surface area contributed by atoms with Crippen LogP contribution in [0.5, 0.6) is 0 Å². The first-order valence-electron chi connectivity index (χ1n) is 5.00. The summed E-state index contributed by atoms with van der Waals surface area (Å²) >= 11 is 0. The molecule has 1 rings (SSSR count). The molecule has 1 aromatic heterocycles. The molecule has 1 atom stereocenters. The topological polar surface area (TPSA) is 51.0 Å². The molecule has 0 radical (unpaired) electrons. The number of hydrogen-bond donors (Lipinski definition) is 1. The molecule has 0 amide bonds. The zero-order valence-electron chi connectivity index (χ0n) is 9.59. The smallest absolute Gasteiger partial charge is 0.243 e. The largest absolute Gasteiger partial charge is 0.338 e. The first kappa shape index (κ1) is 11.2. The van der Waals surface area contributed by atoms with Crippen LogP contribution in [0.1, 0.15) is 51.9 Å². The predicted octanol–water partition coefficient (Wildman–Crippen LogP) is 2.22. The van der Waals surface area contributed by atoms with E-state index in [0.29, 0.717) is 11.7 Å². The highest BCUT2D eigenvalue weighted by atomic mass is 16.5. The summed E-state index contributed by atoms with van der Waals surface area (Å²) in [6.45, 7) is 10.3. The number of hydrogen-bond acceptors (Lipinski definition) is 4. The molecule has 4 nitrogen and oxygen atoms in total. The molecule has 1 N–H and O–H groups in total. The molecular formula is C10H19N3O. The van der Waals surface area contributed by atoms with Gasteiger partial charge in [-0.3, -0.25) is 0 Å². The number of nitrogens with one attached hydrogen (secondary N) is 1. The molecule has 0 aromatic carbocycles. The number of aromatic nitrogens is 2. The van der Waals surface area contributed by atoms with Crippen molar-refractivity contribution in [2.75, 3.05) is 0 Å². The third-order valence-corrected chi connectivity index (χ3v) is 1.86. The highest BCUT2D eigenvalue weighted by molar-refractivity contribution is 4.93. The van der Waals surface area contributed by atoms with Crippen LogP contribution < -0.4 is 5.32 Å². The summed E-state index contributed by atoms with van der Waals surface area (Å²) in [6.07, 6.45) is 0.943. The summed E-state index contributed by atoms with van der Waals surface area (Å²) in [5.41, 5.74) is 0.0586. The van der Waals surface area contributed by atoms with E-state index in [1.807, 2.05) is 6.92 Å². The Hall–Kier alpha value is -0.900. The van der Waals surface area contributed by atoms with Crippen LogP contribution in [0.2, 0.25) is 0 Å². The van der Waals surface area contributed by atoms with Crippen molar-refractivity contribution < 1.29 is 4.52 Å². The van der Waals surface area contributed by atoms with E-state index < -0.39 is 0 Å². The number of rotatable bonds is 3. The Morgan fingerprint density at radius 1 is 1.43 bits per heavy atom. The zero-order chi connectivity index (χ0) is 10.8. The SMILES string of the molecule is CC[C@@H](NC(C)(C)C)c1nc(C)no1. The number of nitrogens with zero attached hydrogens (tertiary/aromatic N) is 2. The molecule has 0 spiro atoms. The van der Waals surface area contributed by atoms with Gasteiger partial charge in [-0.15, -0.1) is 0 Å². The van der Waals surface area contributed by atoms with Gasteiger partial charge in [0.1, 0.15) is 0 Å². The molecule has 4 heteroatoms. The summed E-state index contributed by atoms with van der Waals surface area (Å²) in [7, 11) is 0. The molecule has 1 aromatic rings. The molecule has 0 fully saturated rings. The Kier molecular flexibility index (Phi) is 3.26. The number of aryl methyl sites for hydroxylation is 1. The van der Waals surface area contributed by atoms with Crippen LogP contribution in [0.15, 0.2) is 4.52 Å². The van der Waals surface area contributed by atoms with E-state index in [0.717, 1.165) is 6.42 Å². The van der Waals surface area contributed by atoms with E-state index in [4.69, 9.17) is 4.52 Å². The van der Waals surface area contributed by atoms with Gasteiger partial charge in [-0.05, 0) is 34.1 Å². The molecule has 0 saturated heterocycles. The van der Waals surface area contributed by atoms with Gasteiger partial charge < -0.3 is 9.84 Å². The predicted molar refractivity (Wildman–Crippen MR) is 55.0 cm³/mol. The maximum atomic E-state index is 5.14. The first-order chi connectivity index (χ1) is 6.42. The normalized spacial score (nSPS) is 14.4. The fourth-order valence-electron chi connectivity index (χ4n) is 1.32. The lowest BCUT2D eigenvalue weighted by molar-refractivity contribution is 0.280. The summed E-state index contributed by atoms with van der Waals surface area (Å²) in [4.78, 5) is 4.23. The Morgan fingerprint density at radius 3 is 2.43 bits per heavy atom.